The van der Waals surface area contributed by atoms with Crippen molar-refractivity contribution in [3.8, 4) is 0 Å². The fraction of sp³-hybridized carbons (Fsp3) is 0.400. The second-order valence-electron chi connectivity index (χ2n) is 2.23. The first-order valence-electron chi connectivity index (χ1n) is 2.91. The van der Waals surface area contributed by atoms with E-state index >= 15 is 0 Å². The second-order valence-corrected chi connectivity index (χ2v) is 4.10. The van der Waals surface area contributed by atoms with Gasteiger partial charge in [-0.25, -0.2) is 0 Å². The predicted octanol–water partition coefficient (Wildman–Crippen LogP) is 0.453. The van der Waals surface area contributed by atoms with Gasteiger partial charge in [0, 0.05) is 0 Å². The quantitative estimate of drug-likeness (QED) is 0.652. The molecule has 6 heteroatoms. The van der Waals surface area contributed by atoms with Gasteiger partial charge in [-0.1, -0.05) is 0 Å². The van der Waals surface area contributed by atoms with Gasteiger partial charge < -0.3 is 0 Å². The van der Waals surface area contributed by atoms with E-state index in [4.69, 9.17) is 0 Å². The van der Waals surface area contributed by atoms with Crippen molar-refractivity contribution in [2.75, 3.05) is 0 Å². The Morgan fingerprint density at radius 2 is 1.91 bits per heavy atom. The summed E-state index contributed by atoms with van der Waals surface area (Å²) in [5.41, 5.74) is 0.897. The van der Waals surface area contributed by atoms with E-state index in [1.807, 2.05) is 0 Å². The molecule has 0 amide bonds. The fourth-order valence-electron chi connectivity index (χ4n) is 0.835. The summed E-state index contributed by atoms with van der Waals surface area (Å²) < 4.78 is 32.0. The van der Waals surface area contributed by atoms with Crippen LogP contribution in [0.3, 0.4) is 0 Å². The third-order valence-corrected chi connectivity index (χ3v) is 2.42. The molecule has 61 valence electrons. The van der Waals surface area contributed by atoms with E-state index in [-0.39, 0.29) is 0 Å². The molecule has 0 saturated carbocycles. The van der Waals surface area contributed by atoms with Gasteiger partial charge in [0.25, 0.3) is 0 Å². The summed E-state index contributed by atoms with van der Waals surface area (Å²) in [7, 11) is 0. The monoisotopic (exact) mass is 195 g/mol. The Hall–Kier alpha value is -0.858. The minimum absolute atomic E-state index is 0.363. The molecule has 0 aromatic carbocycles. The SMILES string of the molecule is Cc1cc(C)[n]([Cr](=[O])(=[O])=[O])n1. The average Bonchev–Trinajstić information content (AvgIpc) is 2.08. The van der Waals surface area contributed by atoms with E-state index in [9.17, 15) is 11.4 Å². The van der Waals surface area contributed by atoms with Gasteiger partial charge in [-0.05, 0) is 0 Å². The van der Waals surface area contributed by atoms with Crippen LogP contribution in [0.1, 0.15) is 11.4 Å². The van der Waals surface area contributed by atoms with Gasteiger partial charge in [-0.15, -0.1) is 0 Å². The zero-order valence-electron chi connectivity index (χ0n) is 6.10. The van der Waals surface area contributed by atoms with Crippen LogP contribution in [0.2, 0.25) is 0 Å². The molecule has 0 unspecified atom stereocenters. The molecule has 1 heterocycles. The van der Waals surface area contributed by atoms with Gasteiger partial charge in [0.2, 0.25) is 0 Å². The molecule has 0 spiro atoms. The number of hydrogen-bond acceptors (Lipinski definition) is 4. The Morgan fingerprint density at radius 1 is 1.36 bits per heavy atom. The van der Waals surface area contributed by atoms with Crippen LogP contribution in [0.5, 0.6) is 0 Å². The number of aromatic nitrogens is 2. The van der Waals surface area contributed by atoms with Crippen LogP contribution < -0.4 is 0 Å². The Bertz CT molecular complexity index is 409. The molecule has 0 aliphatic rings. The van der Waals surface area contributed by atoms with Crippen LogP contribution in [0, 0.1) is 13.8 Å². The molecule has 0 fully saturated rings. The Labute approximate surface area is 65.2 Å². The van der Waals surface area contributed by atoms with E-state index in [0.717, 1.165) is 0 Å². The summed E-state index contributed by atoms with van der Waals surface area (Å²) in [6.45, 7) is 3.16. The molecule has 1 rings (SSSR count). The molecule has 0 saturated heterocycles. The van der Waals surface area contributed by atoms with Gasteiger partial charge in [0.05, 0.1) is 0 Å². The van der Waals surface area contributed by atoms with Crippen molar-refractivity contribution < 1.29 is 24.5 Å². The van der Waals surface area contributed by atoms with Crippen molar-refractivity contribution in [3.05, 3.63) is 17.5 Å². The Balaban J connectivity index is 3.49. The van der Waals surface area contributed by atoms with Gasteiger partial charge in [-0.2, -0.15) is 0 Å². The van der Waals surface area contributed by atoms with Gasteiger partial charge in [0.15, 0.2) is 0 Å². The molecule has 5 nitrogen and oxygen atoms in total. The zero-order chi connectivity index (χ0) is 8.65. The zero-order valence-corrected chi connectivity index (χ0v) is 7.38. The average molecular weight is 195 g/mol. The van der Waals surface area contributed by atoms with Crippen molar-refractivity contribution in [1.29, 1.82) is 0 Å². The molecule has 0 aliphatic heterocycles. The van der Waals surface area contributed by atoms with Crippen LogP contribution in [-0.2, 0) is 24.5 Å². The first-order chi connectivity index (χ1) is 4.91. The molecule has 0 aliphatic carbocycles. The normalized spacial score (nSPS) is 11.8. The molecule has 1 aromatic rings. The maximum atomic E-state index is 10.5. The second kappa shape index (κ2) is 2.33. The molecule has 0 radical (unpaired) electrons. The molecule has 0 N–H and O–H groups in total. The number of nitrogens with zero attached hydrogens (tertiary/aromatic N) is 2. The molecule has 0 atom stereocenters. The third kappa shape index (κ3) is 1.59. The minimum atomic E-state index is -5.17. The van der Waals surface area contributed by atoms with Crippen LogP contribution in [0.25, 0.3) is 0 Å². The fourth-order valence-corrected chi connectivity index (χ4v) is 1.83. The molecule has 1 aromatic heterocycles. The summed E-state index contributed by atoms with van der Waals surface area (Å²) in [4.78, 5) is 0. The van der Waals surface area contributed by atoms with E-state index in [1.165, 1.54) is 6.92 Å². The molecular formula is C5H7CrN2O3. The van der Waals surface area contributed by atoms with Crippen molar-refractivity contribution in [1.82, 2.24) is 8.76 Å². The third-order valence-electron chi connectivity index (χ3n) is 1.18. The van der Waals surface area contributed by atoms with E-state index in [0.29, 0.717) is 15.1 Å². The van der Waals surface area contributed by atoms with Crippen LogP contribution >= 0.6 is 0 Å². The molecular weight excluding hydrogens is 188 g/mol. The number of aryl methyl sites for hydroxylation is 2. The van der Waals surface area contributed by atoms with E-state index in [1.54, 1.807) is 13.0 Å². The summed E-state index contributed by atoms with van der Waals surface area (Å²) in [5.74, 6) is 0. The Kier molecular flexibility index (Phi) is 1.74. The Morgan fingerprint density at radius 3 is 2.09 bits per heavy atom. The van der Waals surface area contributed by atoms with Crippen LogP contribution in [0.15, 0.2) is 6.07 Å². The van der Waals surface area contributed by atoms with Gasteiger partial charge >= 0.3 is 64.6 Å². The summed E-state index contributed by atoms with van der Waals surface area (Å²) in [6, 6.07) is 1.54. The molecule has 11 heavy (non-hydrogen) atoms. The van der Waals surface area contributed by atoms with Crippen molar-refractivity contribution in [3.63, 3.8) is 0 Å². The van der Waals surface area contributed by atoms with Crippen molar-refractivity contribution in [2.24, 2.45) is 0 Å². The van der Waals surface area contributed by atoms with Crippen molar-refractivity contribution >= 4 is 0 Å². The summed E-state index contributed by atoms with van der Waals surface area (Å²) in [6.07, 6.45) is 0. The van der Waals surface area contributed by atoms with Crippen LogP contribution in [-0.4, -0.2) is 8.76 Å². The van der Waals surface area contributed by atoms with Crippen molar-refractivity contribution in [2.45, 2.75) is 13.8 Å². The first-order valence-corrected chi connectivity index (χ1v) is 5.04. The summed E-state index contributed by atoms with van der Waals surface area (Å²) >= 11 is -5.17. The summed E-state index contributed by atoms with van der Waals surface area (Å²) in [5, 5.41) is 3.53. The number of rotatable bonds is 1. The van der Waals surface area contributed by atoms with Gasteiger partial charge in [0.1, 0.15) is 0 Å². The van der Waals surface area contributed by atoms with E-state index in [2.05, 4.69) is 5.10 Å². The first kappa shape index (κ1) is 8.24. The number of hydrogen-bond donors (Lipinski definition) is 0. The van der Waals surface area contributed by atoms with Gasteiger partial charge in [-0.3, -0.25) is 0 Å². The predicted molar refractivity (Wildman–Crippen MR) is 29.2 cm³/mol. The topological polar surface area (TPSA) is 69.0 Å². The van der Waals surface area contributed by atoms with E-state index < -0.39 is 13.1 Å². The maximum absolute atomic E-state index is 10.5. The van der Waals surface area contributed by atoms with Crippen LogP contribution in [0.4, 0.5) is 0 Å². The molecule has 0 bridgehead atoms. The standard InChI is InChI=1S/C5H7N2.Cr.3O/c1-4-3-5(2)7-6-4;;;;/h3H,1-2H3;;;;/q-1;+1;;;.